The van der Waals surface area contributed by atoms with Gasteiger partial charge in [-0.2, -0.15) is 0 Å². The van der Waals surface area contributed by atoms with Gasteiger partial charge < -0.3 is 0 Å². The van der Waals surface area contributed by atoms with E-state index in [-0.39, 0.29) is 0 Å². The molecule has 0 heteroatoms. The van der Waals surface area contributed by atoms with Crippen LogP contribution >= 0.6 is 0 Å². The molecule has 0 spiro atoms. The fraction of sp³-hybridized carbons (Fsp3) is 1.00. The second-order valence-corrected chi connectivity index (χ2v) is 12.8. The van der Waals surface area contributed by atoms with Gasteiger partial charge in [0.15, 0.2) is 0 Å². The van der Waals surface area contributed by atoms with Crippen LogP contribution in [0.25, 0.3) is 0 Å². The molecule has 156 valence electrons. The first-order valence-electron chi connectivity index (χ1n) is 11.8. The normalized spacial score (nSPS) is 28.6. The third-order valence-electron chi connectivity index (χ3n) is 7.37. The maximum absolute atomic E-state index is 2.51. The van der Waals surface area contributed by atoms with Crippen molar-refractivity contribution in [3.05, 3.63) is 0 Å². The van der Waals surface area contributed by atoms with Crippen LogP contribution in [0.4, 0.5) is 0 Å². The first-order chi connectivity index (χ1) is 11.8. The summed E-state index contributed by atoms with van der Waals surface area (Å²) >= 11 is 0. The Bertz CT molecular complexity index is 309. The maximum Gasteiger partial charge on any atom is -0.0354 e. The maximum atomic E-state index is 2.51. The topological polar surface area (TPSA) is 0 Å². The van der Waals surface area contributed by atoms with E-state index in [0.717, 1.165) is 0 Å². The van der Waals surface area contributed by atoms with Crippen molar-refractivity contribution < 1.29 is 0 Å². The van der Waals surface area contributed by atoms with Crippen LogP contribution in [0.2, 0.25) is 0 Å². The molecule has 0 atom stereocenters. The fourth-order valence-corrected chi connectivity index (χ4v) is 4.62. The lowest BCUT2D eigenvalue weighted by molar-refractivity contribution is 0.191. The van der Waals surface area contributed by atoms with Gasteiger partial charge in [-0.3, -0.25) is 0 Å². The molecule has 0 heterocycles. The monoisotopic (exact) mass is 364 g/mol. The lowest BCUT2D eigenvalue weighted by Crippen LogP contribution is -2.20. The van der Waals surface area contributed by atoms with Crippen LogP contribution < -0.4 is 0 Å². The molecule has 1 aliphatic carbocycles. The standard InChI is InChI=1S/C26H52/c1-23(2)15-11-9-12-17-25(5,6)21-22-26(7,8)18-14-10-13-16-24(3,4)20-19-23/h9-22H2,1-8H3. The van der Waals surface area contributed by atoms with Crippen LogP contribution in [0.3, 0.4) is 0 Å². The summed E-state index contributed by atoms with van der Waals surface area (Å²) in [5.41, 5.74) is 2.12. The molecule has 0 aromatic carbocycles. The van der Waals surface area contributed by atoms with Gasteiger partial charge in [0.25, 0.3) is 0 Å². The Kier molecular flexibility index (Phi) is 9.22. The van der Waals surface area contributed by atoms with Crippen LogP contribution in [-0.4, -0.2) is 0 Å². The largest absolute Gasteiger partial charge is 0.0599 e. The van der Waals surface area contributed by atoms with E-state index in [4.69, 9.17) is 0 Å². The lowest BCUT2D eigenvalue weighted by atomic mass is 9.73. The number of hydrogen-bond acceptors (Lipinski definition) is 0. The third kappa shape index (κ3) is 11.0. The van der Waals surface area contributed by atoms with Gasteiger partial charge in [0.1, 0.15) is 0 Å². The van der Waals surface area contributed by atoms with Gasteiger partial charge in [-0.1, -0.05) is 93.9 Å². The summed E-state index contributed by atoms with van der Waals surface area (Å²) in [4.78, 5) is 0. The van der Waals surface area contributed by atoms with Crippen LogP contribution in [0.1, 0.15) is 145 Å². The molecule has 0 saturated heterocycles. The third-order valence-corrected chi connectivity index (χ3v) is 7.37. The Labute approximate surface area is 167 Å². The highest BCUT2D eigenvalue weighted by molar-refractivity contribution is 4.78. The molecule has 1 saturated carbocycles. The molecule has 26 heavy (non-hydrogen) atoms. The van der Waals surface area contributed by atoms with E-state index in [2.05, 4.69) is 55.4 Å². The summed E-state index contributed by atoms with van der Waals surface area (Å²) in [5.74, 6) is 0. The van der Waals surface area contributed by atoms with E-state index in [0.29, 0.717) is 21.7 Å². The molecule has 1 aliphatic rings. The minimum atomic E-state index is 0.530. The second-order valence-electron chi connectivity index (χ2n) is 12.8. The fourth-order valence-electron chi connectivity index (χ4n) is 4.62. The van der Waals surface area contributed by atoms with Crippen LogP contribution in [0.5, 0.6) is 0 Å². The Morgan fingerprint density at radius 3 is 0.654 bits per heavy atom. The molecule has 0 aliphatic heterocycles. The van der Waals surface area contributed by atoms with E-state index >= 15 is 0 Å². The minimum absolute atomic E-state index is 0.530. The molecule has 0 N–H and O–H groups in total. The second kappa shape index (κ2) is 9.97. The quantitative estimate of drug-likeness (QED) is 0.401. The van der Waals surface area contributed by atoms with E-state index < -0.39 is 0 Å². The molecule has 0 amide bonds. The van der Waals surface area contributed by atoms with Crippen LogP contribution in [0, 0.1) is 21.7 Å². The Morgan fingerprint density at radius 1 is 0.269 bits per heavy atom. The van der Waals surface area contributed by atoms with Crippen LogP contribution in [-0.2, 0) is 0 Å². The summed E-state index contributed by atoms with van der Waals surface area (Å²) in [5, 5.41) is 0. The molecular formula is C26H52. The van der Waals surface area contributed by atoms with Crippen molar-refractivity contribution in [2.45, 2.75) is 145 Å². The Balaban J connectivity index is 2.63. The van der Waals surface area contributed by atoms with E-state index in [1.807, 2.05) is 0 Å². The summed E-state index contributed by atoms with van der Waals surface area (Å²) in [6.07, 6.45) is 19.8. The summed E-state index contributed by atoms with van der Waals surface area (Å²) in [6.45, 7) is 20.1. The van der Waals surface area contributed by atoms with Gasteiger partial charge in [-0.15, -0.1) is 0 Å². The van der Waals surface area contributed by atoms with Gasteiger partial charge in [0, 0.05) is 0 Å². The zero-order chi connectivity index (χ0) is 19.9. The van der Waals surface area contributed by atoms with Crippen molar-refractivity contribution in [2.24, 2.45) is 21.7 Å². The molecule has 0 aromatic heterocycles. The van der Waals surface area contributed by atoms with E-state index in [1.54, 1.807) is 0 Å². The van der Waals surface area contributed by atoms with Crippen LogP contribution in [0.15, 0.2) is 0 Å². The van der Waals surface area contributed by atoms with E-state index in [1.165, 1.54) is 89.9 Å². The highest BCUT2D eigenvalue weighted by atomic mass is 14.3. The summed E-state index contributed by atoms with van der Waals surface area (Å²) in [6, 6.07) is 0. The van der Waals surface area contributed by atoms with Crippen molar-refractivity contribution in [1.82, 2.24) is 0 Å². The SMILES string of the molecule is CC1(C)CCCCCC(C)(C)CCC(C)(C)CCCCCC(C)(C)CC1. The first kappa shape index (κ1) is 24.0. The molecule has 1 rings (SSSR count). The van der Waals surface area contributed by atoms with Gasteiger partial charge in [-0.05, 0) is 73.0 Å². The van der Waals surface area contributed by atoms with Crippen molar-refractivity contribution in [1.29, 1.82) is 0 Å². The van der Waals surface area contributed by atoms with Crippen molar-refractivity contribution in [2.75, 3.05) is 0 Å². The molecule has 0 unspecified atom stereocenters. The highest BCUT2D eigenvalue weighted by Crippen LogP contribution is 2.40. The lowest BCUT2D eigenvalue weighted by Gasteiger charge is -2.33. The molecule has 0 nitrogen and oxygen atoms in total. The summed E-state index contributed by atoms with van der Waals surface area (Å²) < 4.78 is 0. The smallest absolute Gasteiger partial charge is 0.0354 e. The predicted molar refractivity (Wildman–Crippen MR) is 120 cm³/mol. The zero-order valence-corrected chi connectivity index (χ0v) is 19.9. The molecule has 0 aromatic rings. The summed E-state index contributed by atoms with van der Waals surface area (Å²) in [7, 11) is 0. The van der Waals surface area contributed by atoms with Gasteiger partial charge in [0.2, 0.25) is 0 Å². The zero-order valence-electron chi connectivity index (χ0n) is 19.9. The number of rotatable bonds is 0. The van der Waals surface area contributed by atoms with Gasteiger partial charge in [-0.25, -0.2) is 0 Å². The predicted octanol–water partition coefficient (Wildman–Crippen LogP) is 9.57. The first-order valence-corrected chi connectivity index (χ1v) is 11.8. The highest BCUT2D eigenvalue weighted by Gasteiger charge is 2.26. The van der Waals surface area contributed by atoms with Gasteiger partial charge >= 0.3 is 0 Å². The molecular weight excluding hydrogens is 312 g/mol. The van der Waals surface area contributed by atoms with Crippen molar-refractivity contribution >= 4 is 0 Å². The Hall–Kier alpha value is 0. The molecule has 0 bridgehead atoms. The van der Waals surface area contributed by atoms with E-state index in [9.17, 15) is 0 Å². The van der Waals surface area contributed by atoms with Gasteiger partial charge in [0.05, 0.1) is 0 Å². The minimum Gasteiger partial charge on any atom is -0.0599 e. The average molecular weight is 365 g/mol. The average Bonchev–Trinajstić information content (AvgIpc) is 2.50. The number of hydrogen-bond donors (Lipinski definition) is 0. The van der Waals surface area contributed by atoms with Crippen molar-refractivity contribution in [3.63, 3.8) is 0 Å². The Morgan fingerprint density at radius 2 is 0.462 bits per heavy atom. The molecule has 0 radical (unpaired) electrons. The molecule has 1 fully saturated rings. The van der Waals surface area contributed by atoms with Crippen molar-refractivity contribution in [3.8, 4) is 0 Å².